The van der Waals surface area contributed by atoms with Gasteiger partial charge in [-0.05, 0) is 118 Å². The molecule has 340 valence electrons. The average Bonchev–Trinajstić information content (AvgIpc) is 3.27. The Labute approximate surface area is 364 Å². The molecule has 0 unspecified atom stereocenters. The monoisotopic (exact) mass is 866 g/mol. The van der Waals surface area contributed by atoms with Gasteiger partial charge in [-0.15, -0.1) is 0 Å². The molecule has 0 amide bonds. The summed E-state index contributed by atoms with van der Waals surface area (Å²) in [5.41, 5.74) is 1.63. The van der Waals surface area contributed by atoms with E-state index in [2.05, 4.69) is 20.1 Å². The molecule has 62 heavy (non-hydrogen) atoms. The van der Waals surface area contributed by atoms with Crippen molar-refractivity contribution in [1.29, 1.82) is 0 Å². The first-order valence-electron chi connectivity index (χ1n) is 21.6. The molecular formula is C48H63FO13. The first-order valence-corrected chi connectivity index (χ1v) is 21.6. The number of esters is 6. The van der Waals surface area contributed by atoms with E-state index in [1.165, 1.54) is 46.5 Å². The summed E-state index contributed by atoms with van der Waals surface area (Å²) < 4.78 is 53.5. The molecule has 0 saturated heterocycles. The van der Waals surface area contributed by atoms with E-state index in [0.717, 1.165) is 48.8 Å². The number of hydrogen-bond donors (Lipinski definition) is 0. The van der Waals surface area contributed by atoms with Crippen molar-refractivity contribution in [3.05, 3.63) is 77.6 Å². The number of hydrogen-bond acceptors (Lipinski definition) is 13. The highest BCUT2D eigenvalue weighted by atomic mass is 19.1. The van der Waals surface area contributed by atoms with Crippen molar-refractivity contribution in [2.75, 3.05) is 46.2 Å². The Balaban J connectivity index is 2.05. The maximum Gasteiger partial charge on any atom is 0.417 e. The highest BCUT2D eigenvalue weighted by molar-refractivity contribution is 6.30. The number of unbranched alkanes of at least 4 members (excludes halogenated alkanes) is 2. The molecule has 0 N–H and O–H groups in total. The second-order valence-corrected chi connectivity index (χ2v) is 15.6. The standard InChI is InChI=1S/C48H63FO13/c1-8-13-14-16-33-18-20-35(21-19-33)36-22-23-38(40(49)26-36)39-25-37(17-15-24-58-42(50)10-3)41(27-34(39)9-2)59-28-48(29-60-43(51)32(6)7,30-61-46(54)44(52)56-11-4)31-62-47(55)45(53)57-12-5/h10,22-23,25-27,33,35H,3,6,8-9,11-21,24,28-31H2,1-2,4-5,7H3. The van der Waals surface area contributed by atoms with E-state index in [9.17, 15) is 28.8 Å². The molecule has 0 aromatic heterocycles. The third-order valence-corrected chi connectivity index (χ3v) is 10.8. The Morgan fingerprint density at radius 1 is 0.710 bits per heavy atom. The molecule has 1 aliphatic carbocycles. The zero-order valence-electron chi connectivity index (χ0n) is 36.9. The van der Waals surface area contributed by atoms with Crippen molar-refractivity contribution >= 4 is 35.8 Å². The number of halogens is 1. The van der Waals surface area contributed by atoms with Gasteiger partial charge in [0.05, 0.1) is 19.8 Å². The van der Waals surface area contributed by atoms with Crippen LogP contribution in [-0.4, -0.2) is 82.1 Å². The van der Waals surface area contributed by atoms with E-state index >= 15 is 4.39 Å². The molecule has 0 aliphatic heterocycles. The summed E-state index contributed by atoms with van der Waals surface area (Å²) in [7, 11) is 0. The summed E-state index contributed by atoms with van der Waals surface area (Å²) in [5, 5.41) is 0. The van der Waals surface area contributed by atoms with Crippen molar-refractivity contribution in [2.24, 2.45) is 11.3 Å². The van der Waals surface area contributed by atoms with Gasteiger partial charge in [0.2, 0.25) is 0 Å². The van der Waals surface area contributed by atoms with Crippen LogP contribution in [0.4, 0.5) is 4.39 Å². The maximum atomic E-state index is 16.3. The molecule has 13 nitrogen and oxygen atoms in total. The Bertz CT molecular complexity index is 1840. The number of ether oxygens (including phenoxy) is 7. The van der Waals surface area contributed by atoms with E-state index in [4.69, 9.17) is 33.2 Å². The van der Waals surface area contributed by atoms with E-state index in [0.29, 0.717) is 35.4 Å². The summed E-state index contributed by atoms with van der Waals surface area (Å²) in [4.78, 5) is 74.2. The zero-order valence-corrected chi connectivity index (χ0v) is 36.9. The lowest BCUT2D eigenvalue weighted by Gasteiger charge is -2.32. The largest absolute Gasteiger partial charge is 0.492 e. The van der Waals surface area contributed by atoms with Crippen molar-refractivity contribution in [3.63, 3.8) is 0 Å². The number of benzene rings is 2. The minimum absolute atomic E-state index is 0.0277. The van der Waals surface area contributed by atoms with Crippen LogP contribution >= 0.6 is 0 Å². The molecule has 0 radical (unpaired) electrons. The third-order valence-electron chi connectivity index (χ3n) is 10.8. The fourth-order valence-electron chi connectivity index (χ4n) is 7.26. The van der Waals surface area contributed by atoms with E-state index in [-0.39, 0.29) is 43.4 Å². The lowest BCUT2D eigenvalue weighted by Crippen LogP contribution is -2.45. The Morgan fingerprint density at radius 3 is 1.84 bits per heavy atom. The van der Waals surface area contributed by atoms with E-state index in [1.54, 1.807) is 12.1 Å². The topological polar surface area (TPSA) is 167 Å². The second kappa shape index (κ2) is 26.1. The molecule has 2 aromatic carbocycles. The van der Waals surface area contributed by atoms with Crippen LogP contribution in [0.5, 0.6) is 5.75 Å². The smallest absolute Gasteiger partial charge is 0.417 e. The van der Waals surface area contributed by atoms with Gasteiger partial charge in [-0.1, -0.05) is 64.8 Å². The zero-order chi connectivity index (χ0) is 45.7. The molecule has 1 aliphatic rings. The average molecular weight is 867 g/mol. The summed E-state index contributed by atoms with van der Waals surface area (Å²) in [6.45, 7) is 12.8. The highest BCUT2D eigenvalue weighted by Crippen LogP contribution is 2.40. The maximum absolute atomic E-state index is 16.3. The summed E-state index contributed by atoms with van der Waals surface area (Å²) in [6, 6.07) is 9.03. The number of carbonyl (C=O) groups is 6. The minimum Gasteiger partial charge on any atom is -0.492 e. The van der Waals surface area contributed by atoms with Gasteiger partial charge in [0.15, 0.2) is 0 Å². The Hall–Kier alpha value is -5.53. The predicted molar refractivity (Wildman–Crippen MR) is 228 cm³/mol. The third kappa shape index (κ3) is 15.7. The van der Waals surface area contributed by atoms with Gasteiger partial charge in [0.1, 0.15) is 43.4 Å². The molecule has 3 rings (SSSR count). The van der Waals surface area contributed by atoms with Crippen molar-refractivity contribution in [2.45, 2.75) is 111 Å². The number of carbonyl (C=O) groups excluding carboxylic acids is 6. The second-order valence-electron chi connectivity index (χ2n) is 15.6. The van der Waals surface area contributed by atoms with Crippen molar-refractivity contribution in [1.82, 2.24) is 0 Å². The van der Waals surface area contributed by atoms with Crippen LogP contribution in [0, 0.1) is 17.2 Å². The van der Waals surface area contributed by atoms with Gasteiger partial charge in [0.25, 0.3) is 0 Å². The fraction of sp³-hybridized carbons (Fsp3) is 0.542. The summed E-state index contributed by atoms with van der Waals surface area (Å²) in [5.74, 6) is -5.83. The fourth-order valence-corrected chi connectivity index (χ4v) is 7.26. The molecule has 14 heteroatoms. The van der Waals surface area contributed by atoms with E-state index in [1.807, 2.05) is 25.1 Å². The molecule has 0 atom stereocenters. The Morgan fingerprint density at radius 2 is 1.31 bits per heavy atom. The molecule has 1 fully saturated rings. The van der Waals surface area contributed by atoms with Crippen LogP contribution < -0.4 is 4.74 Å². The van der Waals surface area contributed by atoms with Gasteiger partial charge in [0, 0.05) is 17.2 Å². The Kier molecular flexibility index (Phi) is 21.4. The summed E-state index contributed by atoms with van der Waals surface area (Å²) in [6.07, 6.45) is 11.4. The normalized spacial score (nSPS) is 14.8. The number of aryl methyl sites for hydroxylation is 2. The van der Waals surface area contributed by atoms with Crippen molar-refractivity contribution < 1.29 is 66.3 Å². The molecule has 1 saturated carbocycles. The van der Waals surface area contributed by atoms with E-state index < -0.39 is 67.7 Å². The van der Waals surface area contributed by atoms with Crippen LogP contribution in [0.25, 0.3) is 11.1 Å². The lowest BCUT2D eigenvalue weighted by molar-refractivity contribution is -0.178. The van der Waals surface area contributed by atoms with Gasteiger partial charge in [-0.25, -0.2) is 33.2 Å². The van der Waals surface area contributed by atoms with Crippen LogP contribution in [0.3, 0.4) is 0 Å². The first kappa shape index (κ1) is 50.8. The first-order chi connectivity index (χ1) is 29.7. The minimum atomic E-state index is -1.73. The van der Waals surface area contributed by atoms with Crippen LogP contribution in [0.1, 0.15) is 115 Å². The lowest BCUT2D eigenvalue weighted by atomic mass is 9.76. The van der Waals surface area contributed by atoms with Crippen LogP contribution in [0.15, 0.2) is 55.1 Å². The molecule has 2 aromatic rings. The SMILES string of the molecule is C=CC(=O)OCCCc1cc(-c2ccc(C3CCC(CCCCC)CC3)cc2F)c(CC)cc1OCC(COC(=O)C(=C)C)(COC(=O)C(=O)OCC)COC(=O)C(=O)OCC. The van der Waals surface area contributed by atoms with Gasteiger partial charge < -0.3 is 33.2 Å². The highest BCUT2D eigenvalue weighted by Gasteiger charge is 2.39. The molecule has 0 spiro atoms. The summed E-state index contributed by atoms with van der Waals surface area (Å²) >= 11 is 0. The molecular weight excluding hydrogens is 804 g/mol. The van der Waals surface area contributed by atoms with Crippen LogP contribution in [0.2, 0.25) is 0 Å². The molecule has 0 bridgehead atoms. The quantitative estimate of drug-likeness (QED) is 0.0326. The van der Waals surface area contributed by atoms with Gasteiger partial charge >= 0.3 is 35.8 Å². The number of rotatable bonds is 24. The van der Waals surface area contributed by atoms with Crippen LogP contribution in [-0.2, 0) is 70.0 Å². The van der Waals surface area contributed by atoms with Crippen molar-refractivity contribution in [3.8, 4) is 16.9 Å². The van der Waals surface area contributed by atoms with Gasteiger partial charge in [-0.2, -0.15) is 0 Å². The predicted octanol–water partition coefficient (Wildman–Crippen LogP) is 8.27. The van der Waals surface area contributed by atoms with Gasteiger partial charge in [-0.3, -0.25) is 0 Å². The molecule has 0 heterocycles.